The van der Waals surface area contributed by atoms with Crippen molar-refractivity contribution >= 4 is 44.3 Å². The number of aryl methyl sites for hydroxylation is 3. The number of rotatable bonds is 4. The summed E-state index contributed by atoms with van der Waals surface area (Å²) in [5.41, 5.74) is 9.12. The van der Waals surface area contributed by atoms with Crippen LogP contribution in [0.4, 0.5) is 0 Å². The van der Waals surface area contributed by atoms with Gasteiger partial charge in [0.25, 0.3) is 0 Å². The highest BCUT2D eigenvalue weighted by Gasteiger charge is 2.49. The van der Waals surface area contributed by atoms with Gasteiger partial charge in [0, 0.05) is 87.1 Å². The van der Waals surface area contributed by atoms with E-state index in [4.69, 9.17) is 4.74 Å². The molecule has 5 heteroatoms. The number of carbonyl (C=O) groups is 1. The van der Waals surface area contributed by atoms with Crippen LogP contribution in [0.2, 0.25) is 0 Å². The number of carbonyl (C=O) groups excluding carboxylic acids is 1. The molecule has 7 rings (SSSR count). The van der Waals surface area contributed by atoms with Gasteiger partial charge in [-0.25, -0.2) is 4.79 Å². The third-order valence-corrected chi connectivity index (χ3v) is 9.18. The number of para-hydroxylation sites is 3. The van der Waals surface area contributed by atoms with Gasteiger partial charge in [0.2, 0.25) is 0 Å². The molecule has 1 aliphatic heterocycles. The molecule has 0 saturated carbocycles. The van der Waals surface area contributed by atoms with Crippen LogP contribution in [0.1, 0.15) is 40.7 Å². The molecule has 40 heavy (non-hydrogen) atoms. The quantitative estimate of drug-likeness (QED) is 0.223. The fraction of sp³-hybridized carbons (Fsp3) is 0.229. The molecule has 0 fully saturated rings. The molecule has 0 saturated heterocycles. The van der Waals surface area contributed by atoms with Gasteiger partial charge >= 0.3 is 5.97 Å². The minimum atomic E-state index is -1.09. The summed E-state index contributed by atoms with van der Waals surface area (Å²) in [6.07, 6.45) is 2.12. The average molecular weight is 528 g/mol. The third-order valence-electron chi connectivity index (χ3n) is 9.18. The van der Waals surface area contributed by atoms with Crippen molar-refractivity contribution in [1.29, 1.82) is 0 Å². The highest BCUT2D eigenvalue weighted by atomic mass is 16.6. The van der Waals surface area contributed by atoms with Gasteiger partial charge in [-0.2, -0.15) is 0 Å². The van der Waals surface area contributed by atoms with Crippen LogP contribution in [-0.4, -0.2) is 19.7 Å². The molecule has 1 atom stereocenters. The fourth-order valence-corrected chi connectivity index (χ4v) is 7.20. The molecule has 3 aromatic carbocycles. The minimum absolute atomic E-state index is 0.292. The van der Waals surface area contributed by atoms with Gasteiger partial charge < -0.3 is 18.4 Å². The van der Waals surface area contributed by atoms with E-state index >= 15 is 0 Å². The molecule has 5 nitrogen and oxygen atoms in total. The van der Waals surface area contributed by atoms with Crippen LogP contribution < -0.4 is 0 Å². The Morgan fingerprint density at radius 3 is 1.82 bits per heavy atom. The van der Waals surface area contributed by atoms with Crippen molar-refractivity contribution in [3.05, 3.63) is 113 Å². The zero-order valence-corrected chi connectivity index (χ0v) is 23.9. The lowest BCUT2D eigenvalue weighted by Crippen LogP contribution is -2.29. The van der Waals surface area contributed by atoms with Gasteiger partial charge in [0.1, 0.15) is 0 Å². The first-order valence-corrected chi connectivity index (χ1v) is 13.9. The van der Waals surface area contributed by atoms with Gasteiger partial charge in [0.15, 0.2) is 5.60 Å². The predicted molar refractivity (Wildman–Crippen MR) is 163 cm³/mol. The first-order chi connectivity index (χ1) is 19.3. The Bertz CT molecular complexity index is 2050. The van der Waals surface area contributed by atoms with E-state index in [1.54, 1.807) is 0 Å². The molecule has 0 aliphatic carbocycles. The smallest absolute Gasteiger partial charge is 0.340 e. The van der Waals surface area contributed by atoms with Crippen molar-refractivity contribution in [2.75, 3.05) is 0 Å². The molecule has 0 bridgehead atoms. The monoisotopic (exact) mass is 527 g/mol. The van der Waals surface area contributed by atoms with Gasteiger partial charge in [-0.3, -0.25) is 0 Å². The number of hydrogen-bond acceptors (Lipinski definition) is 2. The lowest BCUT2D eigenvalue weighted by Gasteiger charge is -2.29. The van der Waals surface area contributed by atoms with E-state index < -0.39 is 5.60 Å². The Morgan fingerprint density at radius 1 is 0.675 bits per heavy atom. The second-order valence-corrected chi connectivity index (χ2v) is 11.0. The topological polar surface area (TPSA) is 41.1 Å². The van der Waals surface area contributed by atoms with Crippen LogP contribution in [-0.2, 0) is 35.8 Å². The van der Waals surface area contributed by atoms with Crippen LogP contribution >= 0.6 is 0 Å². The molecule has 0 radical (unpaired) electrons. The largest absolute Gasteiger partial charge is 0.441 e. The molecular weight excluding hydrogens is 494 g/mol. The summed E-state index contributed by atoms with van der Waals surface area (Å²) in [6, 6.07) is 25.2. The van der Waals surface area contributed by atoms with E-state index in [9.17, 15) is 4.79 Å². The van der Waals surface area contributed by atoms with Crippen molar-refractivity contribution in [1.82, 2.24) is 13.7 Å². The molecule has 0 amide bonds. The third kappa shape index (κ3) is 3.00. The Labute approximate surface area is 233 Å². The summed E-state index contributed by atoms with van der Waals surface area (Å²) in [6.45, 7) is 9.36. The summed E-state index contributed by atoms with van der Waals surface area (Å²) >= 11 is 0. The van der Waals surface area contributed by atoms with E-state index in [2.05, 4.69) is 122 Å². The predicted octanol–water partition coefficient (Wildman–Crippen LogP) is 7.45. The van der Waals surface area contributed by atoms with Crippen LogP contribution in [0.5, 0.6) is 0 Å². The Kier molecular flexibility index (Phi) is 5.21. The second kappa shape index (κ2) is 8.49. The summed E-state index contributed by atoms with van der Waals surface area (Å²) < 4.78 is 13.5. The fourth-order valence-electron chi connectivity index (χ4n) is 7.20. The Hall–Kier alpha value is -4.51. The maximum Gasteiger partial charge on any atom is 0.340 e. The molecular formula is C35H33N3O2. The van der Waals surface area contributed by atoms with Crippen LogP contribution in [0.15, 0.2) is 78.9 Å². The minimum Gasteiger partial charge on any atom is -0.441 e. The van der Waals surface area contributed by atoms with E-state index in [-0.39, 0.29) is 5.97 Å². The zero-order valence-electron chi connectivity index (χ0n) is 23.9. The number of aromatic nitrogens is 3. The lowest BCUT2D eigenvalue weighted by atomic mass is 9.81. The first-order valence-electron chi connectivity index (χ1n) is 13.9. The van der Waals surface area contributed by atoms with Crippen molar-refractivity contribution in [2.24, 2.45) is 14.1 Å². The zero-order chi connectivity index (χ0) is 27.9. The van der Waals surface area contributed by atoms with E-state index in [0.717, 1.165) is 73.0 Å². The summed E-state index contributed by atoms with van der Waals surface area (Å²) in [7, 11) is 4.15. The van der Waals surface area contributed by atoms with Crippen LogP contribution in [0, 0.1) is 20.8 Å². The highest BCUT2D eigenvalue weighted by molar-refractivity contribution is 6.23. The standard InChI is InChI=1S/C35H33N3O2/c1-7-38-23(4)33(26-16-10-13-19-30(26)38)35(32-22(3)37(6)29-18-12-9-15-25(29)32)20-27(34(39)40-35)31-21(2)36(5)28-17-11-8-14-24(28)31/h8-20H,7H2,1-6H3. The Balaban J connectivity index is 1.66. The van der Waals surface area contributed by atoms with Crippen molar-refractivity contribution in [3.63, 3.8) is 0 Å². The van der Waals surface area contributed by atoms with E-state index in [0.29, 0.717) is 5.57 Å². The SMILES string of the molecule is CCn1c(C)c(C2(c3c(C)n(C)c4ccccc34)C=C(c3c(C)n(C)c4ccccc34)C(=O)O2)c2ccccc21. The molecule has 0 spiro atoms. The van der Waals surface area contributed by atoms with Gasteiger partial charge in [-0.05, 0) is 52.0 Å². The Morgan fingerprint density at radius 2 is 1.18 bits per heavy atom. The maximum atomic E-state index is 14.2. The second-order valence-electron chi connectivity index (χ2n) is 11.0. The number of cyclic esters (lactones) is 1. The van der Waals surface area contributed by atoms with Crippen molar-refractivity contribution < 1.29 is 9.53 Å². The summed E-state index contributed by atoms with van der Waals surface area (Å²) in [4.78, 5) is 14.2. The van der Waals surface area contributed by atoms with Gasteiger partial charge in [-0.1, -0.05) is 54.6 Å². The van der Waals surface area contributed by atoms with Gasteiger partial charge in [-0.15, -0.1) is 0 Å². The molecule has 1 unspecified atom stereocenters. The summed E-state index contributed by atoms with van der Waals surface area (Å²) in [5.74, 6) is -0.292. The normalized spacial score (nSPS) is 17.4. The highest BCUT2D eigenvalue weighted by Crippen LogP contribution is 2.52. The molecule has 4 heterocycles. The van der Waals surface area contributed by atoms with Crippen LogP contribution in [0.25, 0.3) is 38.3 Å². The number of hydrogen-bond donors (Lipinski definition) is 0. The number of benzene rings is 3. The molecule has 0 N–H and O–H groups in total. The molecule has 6 aromatic rings. The van der Waals surface area contributed by atoms with Crippen molar-refractivity contribution in [2.45, 2.75) is 39.8 Å². The van der Waals surface area contributed by atoms with Crippen LogP contribution in [0.3, 0.4) is 0 Å². The maximum absolute atomic E-state index is 14.2. The number of esters is 1. The molecule has 200 valence electrons. The number of nitrogens with zero attached hydrogens (tertiary/aromatic N) is 3. The lowest BCUT2D eigenvalue weighted by molar-refractivity contribution is -0.142. The summed E-state index contributed by atoms with van der Waals surface area (Å²) in [5, 5.41) is 3.26. The number of fused-ring (bicyclic) bond motifs is 3. The molecule has 1 aliphatic rings. The van der Waals surface area contributed by atoms with E-state index in [1.807, 2.05) is 12.1 Å². The van der Waals surface area contributed by atoms with E-state index in [1.165, 1.54) is 0 Å². The molecule has 3 aromatic heterocycles. The first kappa shape index (κ1) is 24.5. The van der Waals surface area contributed by atoms with Crippen molar-refractivity contribution in [3.8, 4) is 0 Å². The average Bonchev–Trinajstić information content (AvgIpc) is 3.62. The van der Waals surface area contributed by atoms with Gasteiger partial charge in [0.05, 0.1) is 5.57 Å². The number of ether oxygens (including phenoxy) is 1.